The second-order valence-corrected chi connectivity index (χ2v) is 5.85. The third-order valence-electron chi connectivity index (χ3n) is 3.11. The Morgan fingerprint density at radius 2 is 1.71 bits per heavy atom. The minimum Gasteiger partial charge on any atom is -0.389 e. The van der Waals surface area contributed by atoms with Gasteiger partial charge in [-0.25, -0.2) is 4.39 Å². The number of nitrogens with two attached hydrogens (primary N) is 1. The summed E-state index contributed by atoms with van der Waals surface area (Å²) in [6.45, 7) is 1.45. The zero-order valence-electron chi connectivity index (χ0n) is 11.6. The fourth-order valence-corrected chi connectivity index (χ4v) is 2.41. The molecule has 0 unspecified atom stereocenters. The highest BCUT2D eigenvalue weighted by atomic mass is 35.5. The number of hydrogen-bond donors (Lipinski definition) is 1. The van der Waals surface area contributed by atoms with E-state index < -0.39 is 0 Å². The summed E-state index contributed by atoms with van der Waals surface area (Å²) in [4.78, 5) is 2.20. The smallest absolute Gasteiger partial charge is 0.133 e. The van der Waals surface area contributed by atoms with Crippen LogP contribution in [-0.4, -0.2) is 16.9 Å². The Labute approximate surface area is 134 Å². The minimum absolute atomic E-state index is 0.0784. The number of hydrogen-bond acceptors (Lipinski definition) is 2. The molecule has 0 aliphatic heterocycles. The third-order valence-corrected chi connectivity index (χ3v) is 3.59. The molecular weight excluding hydrogens is 307 g/mol. The van der Waals surface area contributed by atoms with Crippen molar-refractivity contribution in [3.63, 3.8) is 0 Å². The van der Waals surface area contributed by atoms with Crippen molar-refractivity contribution in [2.24, 2.45) is 5.73 Å². The summed E-state index contributed by atoms with van der Waals surface area (Å²) in [5, 5.41) is 0.723. The lowest BCUT2D eigenvalue weighted by atomic mass is 10.1. The first-order valence-corrected chi connectivity index (χ1v) is 7.25. The molecule has 0 aromatic heterocycles. The van der Waals surface area contributed by atoms with Crippen LogP contribution < -0.4 is 5.73 Å². The van der Waals surface area contributed by atoms with Crippen molar-refractivity contribution in [2.75, 3.05) is 7.05 Å². The molecule has 0 aliphatic rings. The number of halogens is 2. The maximum Gasteiger partial charge on any atom is 0.133 e. The lowest BCUT2D eigenvalue weighted by molar-refractivity contribution is 0.319. The number of benzene rings is 2. The number of rotatable bonds is 5. The van der Waals surface area contributed by atoms with Crippen LogP contribution in [0.25, 0.3) is 0 Å². The summed E-state index contributed by atoms with van der Waals surface area (Å²) in [5.41, 5.74) is 7.94. The van der Waals surface area contributed by atoms with Crippen molar-refractivity contribution in [1.29, 1.82) is 0 Å². The van der Waals surface area contributed by atoms with Gasteiger partial charge in [-0.15, -0.1) is 0 Å². The van der Waals surface area contributed by atoms with E-state index in [1.165, 1.54) is 11.6 Å². The first-order valence-electron chi connectivity index (χ1n) is 6.47. The van der Waals surface area contributed by atoms with E-state index >= 15 is 0 Å². The summed E-state index contributed by atoms with van der Waals surface area (Å²) >= 11 is 10.7. The van der Waals surface area contributed by atoms with E-state index in [0.29, 0.717) is 12.1 Å². The zero-order chi connectivity index (χ0) is 15.4. The van der Waals surface area contributed by atoms with E-state index in [4.69, 9.17) is 29.6 Å². The van der Waals surface area contributed by atoms with E-state index in [1.54, 1.807) is 12.1 Å². The zero-order valence-corrected chi connectivity index (χ0v) is 13.2. The Hall–Kier alpha value is -1.49. The molecule has 0 saturated carbocycles. The highest BCUT2D eigenvalue weighted by Gasteiger charge is 2.08. The van der Waals surface area contributed by atoms with Crippen molar-refractivity contribution >= 4 is 28.8 Å². The Balaban J connectivity index is 2.05. The molecule has 0 bridgehead atoms. The van der Waals surface area contributed by atoms with Gasteiger partial charge in [0.25, 0.3) is 0 Å². The Morgan fingerprint density at radius 3 is 2.33 bits per heavy atom. The summed E-state index contributed by atoms with van der Waals surface area (Å²) in [6.07, 6.45) is 0. The van der Waals surface area contributed by atoms with Gasteiger partial charge in [0.2, 0.25) is 0 Å². The molecule has 5 heteroatoms. The Bertz CT molecular complexity index is 643. The Kier molecular flexibility index (Phi) is 5.28. The summed E-state index contributed by atoms with van der Waals surface area (Å²) in [6, 6.07) is 12.6. The van der Waals surface area contributed by atoms with Crippen molar-refractivity contribution < 1.29 is 4.39 Å². The lowest BCUT2D eigenvalue weighted by Crippen LogP contribution is -2.18. The molecule has 0 amide bonds. The van der Waals surface area contributed by atoms with Crippen molar-refractivity contribution in [1.82, 2.24) is 4.90 Å². The fourth-order valence-electron chi connectivity index (χ4n) is 2.13. The molecule has 2 aromatic carbocycles. The normalized spacial score (nSPS) is 10.9. The van der Waals surface area contributed by atoms with Crippen molar-refractivity contribution in [3.05, 3.63) is 70.0 Å². The lowest BCUT2D eigenvalue weighted by Gasteiger charge is -2.17. The van der Waals surface area contributed by atoms with Gasteiger partial charge in [0, 0.05) is 23.7 Å². The molecule has 0 heterocycles. The van der Waals surface area contributed by atoms with Gasteiger partial charge in [-0.05, 0) is 42.4 Å². The number of thiocarbonyl (C=S) groups is 1. The second-order valence-electron chi connectivity index (χ2n) is 4.98. The highest BCUT2D eigenvalue weighted by molar-refractivity contribution is 7.80. The van der Waals surface area contributed by atoms with E-state index in [-0.39, 0.29) is 10.8 Å². The summed E-state index contributed by atoms with van der Waals surface area (Å²) in [7, 11) is 2.00. The summed E-state index contributed by atoms with van der Waals surface area (Å²) in [5.74, 6) is -0.383. The molecule has 0 radical (unpaired) electrons. The minimum atomic E-state index is -0.383. The van der Waals surface area contributed by atoms with Gasteiger partial charge < -0.3 is 5.73 Å². The maximum absolute atomic E-state index is 13.5. The van der Waals surface area contributed by atoms with Crippen LogP contribution in [0.5, 0.6) is 0 Å². The average Bonchev–Trinajstić information content (AvgIpc) is 2.43. The van der Waals surface area contributed by atoms with E-state index in [9.17, 15) is 4.39 Å². The van der Waals surface area contributed by atoms with E-state index in [1.807, 2.05) is 31.3 Å². The standard InChI is InChI=1S/C16H16ClFN2S/c1-20(9-11-2-5-13(17)6-3-11)10-12-4-7-15(18)14(8-12)16(19)21/h2-8H,9-10H2,1H3,(H2,19,21). The first-order chi connectivity index (χ1) is 9.95. The van der Waals surface area contributed by atoms with Crippen LogP contribution >= 0.6 is 23.8 Å². The highest BCUT2D eigenvalue weighted by Crippen LogP contribution is 2.15. The van der Waals surface area contributed by atoms with Crippen LogP contribution in [0.3, 0.4) is 0 Å². The SMILES string of the molecule is CN(Cc1ccc(Cl)cc1)Cc1ccc(F)c(C(N)=S)c1. The molecule has 2 aromatic rings. The van der Waals surface area contributed by atoms with E-state index in [2.05, 4.69) is 4.90 Å². The predicted octanol–water partition coefficient (Wildman–Crippen LogP) is 3.75. The quantitative estimate of drug-likeness (QED) is 0.850. The van der Waals surface area contributed by atoms with Gasteiger partial charge in [0.15, 0.2) is 0 Å². The monoisotopic (exact) mass is 322 g/mol. The van der Waals surface area contributed by atoms with Crippen molar-refractivity contribution in [2.45, 2.75) is 13.1 Å². The topological polar surface area (TPSA) is 29.3 Å². The molecule has 2 N–H and O–H groups in total. The molecule has 0 fully saturated rings. The van der Waals surface area contributed by atoms with Crippen LogP contribution in [0.4, 0.5) is 4.39 Å². The van der Waals surface area contributed by atoms with Gasteiger partial charge >= 0.3 is 0 Å². The second kappa shape index (κ2) is 6.98. The van der Waals surface area contributed by atoms with Crippen LogP contribution in [0.1, 0.15) is 16.7 Å². The van der Waals surface area contributed by atoms with E-state index in [0.717, 1.165) is 17.1 Å². The Morgan fingerprint density at radius 1 is 1.14 bits per heavy atom. The largest absolute Gasteiger partial charge is 0.389 e. The van der Waals surface area contributed by atoms with Crippen LogP contribution in [0.15, 0.2) is 42.5 Å². The van der Waals surface area contributed by atoms with Crippen LogP contribution in [-0.2, 0) is 13.1 Å². The van der Waals surface area contributed by atoms with Crippen molar-refractivity contribution in [3.8, 4) is 0 Å². The maximum atomic E-state index is 13.5. The molecule has 110 valence electrons. The number of nitrogens with zero attached hydrogens (tertiary/aromatic N) is 1. The molecule has 2 nitrogen and oxygen atoms in total. The van der Waals surface area contributed by atoms with Gasteiger partial charge in [-0.2, -0.15) is 0 Å². The van der Waals surface area contributed by atoms with Gasteiger partial charge in [0.05, 0.1) is 0 Å². The summed E-state index contributed by atoms with van der Waals surface area (Å²) < 4.78 is 13.5. The molecule has 2 rings (SSSR count). The van der Waals surface area contributed by atoms with Crippen LogP contribution in [0.2, 0.25) is 5.02 Å². The first kappa shape index (κ1) is 15.9. The van der Waals surface area contributed by atoms with Gasteiger partial charge in [-0.3, -0.25) is 4.90 Å². The van der Waals surface area contributed by atoms with Gasteiger partial charge in [-0.1, -0.05) is 42.0 Å². The molecular formula is C16H16ClFN2S. The fraction of sp³-hybridized carbons (Fsp3) is 0.188. The van der Waals surface area contributed by atoms with Crippen LogP contribution in [0, 0.1) is 5.82 Å². The molecule has 21 heavy (non-hydrogen) atoms. The molecule has 0 spiro atoms. The average molecular weight is 323 g/mol. The third kappa shape index (κ3) is 4.49. The predicted molar refractivity (Wildman–Crippen MR) is 88.9 cm³/mol. The van der Waals surface area contributed by atoms with Gasteiger partial charge in [0.1, 0.15) is 10.8 Å². The molecule has 0 aliphatic carbocycles. The molecule has 0 saturated heterocycles. The molecule has 0 atom stereocenters.